The highest BCUT2D eigenvalue weighted by molar-refractivity contribution is 5.84. The Morgan fingerprint density at radius 2 is 2.00 bits per heavy atom. The summed E-state index contributed by atoms with van der Waals surface area (Å²) in [5.41, 5.74) is 2.20. The van der Waals surface area contributed by atoms with Gasteiger partial charge in [-0.1, -0.05) is 13.3 Å². The summed E-state index contributed by atoms with van der Waals surface area (Å²) in [5, 5.41) is 1.12. The Balaban J connectivity index is 0.000000166. The summed E-state index contributed by atoms with van der Waals surface area (Å²) < 4.78 is 10.5. The Morgan fingerprint density at radius 3 is 2.61 bits per heavy atom. The number of benzene rings is 1. The Kier molecular flexibility index (Phi) is 5.47. The van der Waals surface area contributed by atoms with Gasteiger partial charge in [0.2, 0.25) is 0 Å². The van der Waals surface area contributed by atoms with Crippen molar-refractivity contribution in [2.75, 3.05) is 33.4 Å². The molecule has 0 amide bonds. The van der Waals surface area contributed by atoms with Gasteiger partial charge in [0.05, 0.1) is 19.2 Å². The van der Waals surface area contributed by atoms with E-state index in [0.29, 0.717) is 0 Å². The van der Waals surface area contributed by atoms with Crippen LogP contribution in [0.15, 0.2) is 30.5 Å². The first-order valence-corrected chi connectivity index (χ1v) is 8.58. The highest BCUT2D eigenvalue weighted by atomic mass is 16.6. The number of likely N-dealkylation sites (tertiary alicyclic amines) is 1. The topological polar surface area (TPSA) is 37.9 Å². The average Bonchev–Trinajstić information content (AvgIpc) is 3.47. The number of ether oxygens (including phenoxy) is 2. The maximum Gasteiger partial charge on any atom is 0.119 e. The Bertz CT molecular complexity index is 634. The Hall–Kier alpha value is -1.65. The molecule has 3 heterocycles. The predicted octanol–water partition coefficient (Wildman–Crippen LogP) is 3.81. The van der Waals surface area contributed by atoms with Crippen LogP contribution in [0.5, 0.6) is 5.75 Å². The smallest absolute Gasteiger partial charge is 0.119 e. The number of pyridine rings is 1. The second-order valence-corrected chi connectivity index (χ2v) is 6.10. The molecule has 0 radical (unpaired) electrons. The molecular weight excluding hydrogens is 288 g/mol. The fourth-order valence-electron chi connectivity index (χ4n) is 3.06. The quantitative estimate of drug-likeness (QED) is 0.808. The third-order valence-electron chi connectivity index (χ3n) is 4.56. The van der Waals surface area contributed by atoms with Gasteiger partial charge in [-0.25, -0.2) is 0 Å². The van der Waals surface area contributed by atoms with Crippen molar-refractivity contribution in [3.63, 3.8) is 0 Å². The van der Waals surface area contributed by atoms with Gasteiger partial charge in [0.15, 0.2) is 0 Å². The van der Waals surface area contributed by atoms with Crippen LogP contribution >= 0.6 is 0 Å². The van der Waals surface area contributed by atoms with Crippen LogP contribution in [-0.2, 0) is 4.74 Å². The lowest BCUT2D eigenvalue weighted by Crippen LogP contribution is -2.29. The second kappa shape index (κ2) is 7.75. The minimum atomic E-state index is 0.252. The molecule has 4 heteroatoms. The van der Waals surface area contributed by atoms with Crippen molar-refractivity contribution >= 4 is 10.9 Å². The highest BCUT2D eigenvalue weighted by Gasteiger charge is 2.26. The van der Waals surface area contributed by atoms with Crippen LogP contribution in [0.2, 0.25) is 0 Å². The number of methoxy groups -OCH3 is 1. The van der Waals surface area contributed by atoms with Crippen molar-refractivity contribution in [2.24, 2.45) is 0 Å². The maximum absolute atomic E-state index is 5.31. The van der Waals surface area contributed by atoms with E-state index in [1.54, 1.807) is 7.11 Å². The number of fused-ring (bicyclic) bond motifs is 1. The van der Waals surface area contributed by atoms with Crippen LogP contribution in [0.1, 0.15) is 37.9 Å². The van der Waals surface area contributed by atoms with Gasteiger partial charge in [-0.2, -0.15) is 0 Å². The lowest BCUT2D eigenvalue weighted by Gasteiger charge is -2.24. The summed E-state index contributed by atoms with van der Waals surface area (Å²) in [6.45, 7) is 6.99. The molecule has 0 spiro atoms. The van der Waals surface area contributed by atoms with E-state index in [2.05, 4.69) is 16.8 Å². The van der Waals surface area contributed by atoms with E-state index >= 15 is 0 Å². The molecule has 23 heavy (non-hydrogen) atoms. The zero-order chi connectivity index (χ0) is 16.1. The molecule has 2 aliphatic heterocycles. The normalized spacial score (nSPS) is 20.7. The van der Waals surface area contributed by atoms with Crippen LogP contribution in [0.25, 0.3) is 10.9 Å². The molecule has 4 nitrogen and oxygen atoms in total. The lowest BCUT2D eigenvalue weighted by molar-refractivity contribution is 0.240. The molecule has 2 fully saturated rings. The fourth-order valence-corrected chi connectivity index (χ4v) is 3.06. The van der Waals surface area contributed by atoms with Crippen molar-refractivity contribution in [2.45, 2.75) is 32.3 Å². The average molecular weight is 314 g/mol. The van der Waals surface area contributed by atoms with E-state index in [0.717, 1.165) is 23.3 Å². The van der Waals surface area contributed by atoms with Gasteiger partial charge in [0.25, 0.3) is 0 Å². The van der Waals surface area contributed by atoms with E-state index in [1.165, 1.54) is 44.5 Å². The summed E-state index contributed by atoms with van der Waals surface area (Å²) in [6, 6.07) is 7.92. The van der Waals surface area contributed by atoms with E-state index in [-0.39, 0.29) is 6.10 Å². The number of hydrogen-bond donors (Lipinski definition) is 0. The van der Waals surface area contributed by atoms with Crippen LogP contribution in [0, 0.1) is 0 Å². The molecule has 124 valence electrons. The van der Waals surface area contributed by atoms with Crippen LogP contribution in [0.3, 0.4) is 0 Å². The molecule has 0 aliphatic carbocycles. The zero-order valence-corrected chi connectivity index (χ0v) is 14.1. The third kappa shape index (κ3) is 4.21. The number of hydrogen-bond acceptors (Lipinski definition) is 4. The van der Waals surface area contributed by atoms with Crippen molar-refractivity contribution in [3.05, 3.63) is 36.0 Å². The van der Waals surface area contributed by atoms with Crippen molar-refractivity contribution in [1.29, 1.82) is 0 Å². The number of epoxide rings is 1. The first kappa shape index (κ1) is 16.2. The van der Waals surface area contributed by atoms with Crippen LogP contribution < -0.4 is 4.74 Å². The third-order valence-corrected chi connectivity index (χ3v) is 4.56. The van der Waals surface area contributed by atoms with Gasteiger partial charge in [0, 0.05) is 11.6 Å². The molecule has 0 N–H and O–H groups in total. The first-order valence-electron chi connectivity index (χ1n) is 8.58. The van der Waals surface area contributed by atoms with Crippen LogP contribution in [-0.4, -0.2) is 43.2 Å². The SMILES string of the molecule is CCN1CCCCC1.COc1ccc2nccc([C@@H]3CO3)c2c1. The van der Waals surface area contributed by atoms with Gasteiger partial charge in [0.1, 0.15) is 11.9 Å². The summed E-state index contributed by atoms with van der Waals surface area (Å²) in [7, 11) is 1.67. The van der Waals surface area contributed by atoms with Crippen molar-refractivity contribution < 1.29 is 9.47 Å². The van der Waals surface area contributed by atoms with Crippen molar-refractivity contribution in [1.82, 2.24) is 9.88 Å². The van der Waals surface area contributed by atoms with Gasteiger partial charge in [-0.15, -0.1) is 0 Å². The zero-order valence-electron chi connectivity index (χ0n) is 14.1. The van der Waals surface area contributed by atoms with E-state index < -0.39 is 0 Å². The molecule has 0 unspecified atom stereocenters. The summed E-state index contributed by atoms with van der Waals surface area (Å²) in [5.74, 6) is 0.859. The predicted molar refractivity (Wildman–Crippen MR) is 93.0 cm³/mol. The second-order valence-electron chi connectivity index (χ2n) is 6.10. The minimum absolute atomic E-state index is 0.252. The van der Waals surface area contributed by atoms with Crippen molar-refractivity contribution in [3.8, 4) is 5.75 Å². The lowest BCUT2D eigenvalue weighted by atomic mass is 10.1. The maximum atomic E-state index is 5.31. The minimum Gasteiger partial charge on any atom is -0.497 e. The fraction of sp³-hybridized carbons (Fsp3) is 0.526. The molecule has 1 atom stereocenters. The molecule has 0 saturated carbocycles. The van der Waals surface area contributed by atoms with E-state index in [9.17, 15) is 0 Å². The Labute approximate surface area is 138 Å². The summed E-state index contributed by atoms with van der Waals surface area (Å²) in [6.07, 6.45) is 6.38. The number of nitrogens with zero attached hydrogens (tertiary/aromatic N) is 2. The molecule has 1 aromatic heterocycles. The summed E-state index contributed by atoms with van der Waals surface area (Å²) in [4.78, 5) is 6.83. The van der Waals surface area contributed by atoms with E-state index in [4.69, 9.17) is 9.47 Å². The van der Waals surface area contributed by atoms with E-state index in [1.807, 2.05) is 30.5 Å². The Morgan fingerprint density at radius 1 is 1.22 bits per heavy atom. The summed E-state index contributed by atoms with van der Waals surface area (Å²) >= 11 is 0. The monoisotopic (exact) mass is 314 g/mol. The molecule has 1 aromatic carbocycles. The van der Waals surface area contributed by atoms with Gasteiger partial charge in [-0.05, 0) is 62.3 Å². The van der Waals surface area contributed by atoms with Gasteiger partial charge < -0.3 is 14.4 Å². The standard InChI is InChI=1S/C12H11NO2.C7H15N/c1-14-8-2-3-11-10(6-8)9(4-5-13-11)12-7-15-12;1-2-8-6-4-3-5-7-8/h2-6,12H,7H2,1H3;2-7H2,1H3/t12-;/m0./s1. The molecule has 2 saturated heterocycles. The molecule has 4 rings (SSSR count). The van der Waals surface area contributed by atoms with Crippen LogP contribution in [0.4, 0.5) is 0 Å². The van der Waals surface area contributed by atoms with Gasteiger partial charge in [-0.3, -0.25) is 4.98 Å². The number of aromatic nitrogens is 1. The molecule has 2 aromatic rings. The largest absolute Gasteiger partial charge is 0.497 e. The molecular formula is C19H26N2O2. The highest BCUT2D eigenvalue weighted by Crippen LogP contribution is 2.35. The van der Waals surface area contributed by atoms with Gasteiger partial charge >= 0.3 is 0 Å². The number of rotatable bonds is 3. The molecule has 2 aliphatic rings. The number of piperidine rings is 1. The first-order chi connectivity index (χ1) is 11.3. The molecule has 0 bridgehead atoms.